The summed E-state index contributed by atoms with van der Waals surface area (Å²) in [6.45, 7) is 2.07. The lowest BCUT2D eigenvalue weighted by Crippen LogP contribution is -2.22. The number of rotatable bonds is 6. The van der Waals surface area contributed by atoms with Gasteiger partial charge >= 0.3 is 0 Å². The third-order valence-corrected chi connectivity index (χ3v) is 5.61. The quantitative estimate of drug-likeness (QED) is 0.423. The highest BCUT2D eigenvalue weighted by molar-refractivity contribution is 6.31. The number of aromatic nitrogens is 2. The van der Waals surface area contributed by atoms with Gasteiger partial charge in [-0.15, -0.1) is 0 Å². The Morgan fingerprint density at radius 2 is 1.68 bits per heavy atom. The van der Waals surface area contributed by atoms with Crippen molar-refractivity contribution in [2.75, 3.05) is 10.6 Å². The second-order valence-corrected chi connectivity index (χ2v) is 8.02. The summed E-state index contributed by atoms with van der Waals surface area (Å²) in [6.07, 6.45) is 4.62. The normalized spacial score (nSPS) is 10.5. The molecule has 4 aromatic rings. The van der Waals surface area contributed by atoms with Crippen LogP contribution in [0.5, 0.6) is 0 Å². The number of aryl methyl sites for hydroxylation is 1. The number of pyridine rings is 2. The van der Waals surface area contributed by atoms with Gasteiger partial charge in [-0.1, -0.05) is 41.9 Å². The van der Waals surface area contributed by atoms with E-state index in [1.807, 2.05) is 31.2 Å². The minimum atomic E-state index is -0.420. The fourth-order valence-corrected chi connectivity index (χ4v) is 3.64. The SMILES string of the molecule is Cc1cccc(C(=O)Nc2ccc(=O)n(Cc3ccccc3Cl)c2)c1NC(=O)c1ccncc1. The van der Waals surface area contributed by atoms with Crippen LogP contribution in [-0.2, 0) is 6.54 Å². The highest BCUT2D eigenvalue weighted by Crippen LogP contribution is 2.23. The highest BCUT2D eigenvalue weighted by Gasteiger charge is 2.17. The molecule has 0 aliphatic rings. The van der Waals surface area contributed by atoms with Crippen LogP contribution in [0.2, 0.25) is 5.02 Å². The van der Waals surface area contributed by atoms with Crippen LogP contribution in [0, 0.1) is 6.92 Å². The van der Waals surface area contributed by atoms with Crippen molar-refractivity contribution in [2.45, 2.75) is 13.5 Å². The molecule has 0 unspecified atom stereocenters. The Morgan fingerprint density at radius 3 is 2.44 bits per heavy atom. The minimum absolute atomic E-state index is 0.223. The highest BCUT2D eigenvalue weighted by atomic mass is 35.5. The first-order chi connectivity index (χ1) is 16.4. The molecular weight excluding hydrogens is 452 g/mol. The zero-order valence-electron chi connectivity index (χ0n) is 18.3. The summed E-state index contributed by atoms with van der Waals surface area (Å²) < 4.78 is 1.47. The van der Waals surface area contributed by atoms with Crippen LogP contribution in [0.25, 0.3) is 0 Å². The van der Waals surface area contributed by atoms with Crippen molar-refractivity contribution in [1.82, 2.24) is 9.55 Å². The number of nitrogens with zero attached hydrogens (tertiary/aromatic N) is 2. The van der Waals surface area contributed by atoms with Gasteiger partial charge in [-0.2, -0.15) is 0 Å². The fourth-order valence-electron chi connectivity index (χ4n) is 3.45. The van der Waals surface area contributed by atoms with Gasteiger partial charge in [-0.25, -0.2) is 0 Å². The van der Waals surface area contributed by atoms with Gasteiger partial charge < -0.3 is 15.2 Å². The molecule has 2 aromatic carbocycles. The van der Waals surface area contributed by atoms with E-state index in [0.717, 1.165) is 11.1 Å². The molecule has 0 aliphatic carbocycles. The number of carbonyl (C=O) groups is 2. The fraction of sp³-hybridized carbons (Fsp3) is 0.0769. The van der Waals surface area contributed by atoms with Crippen molar-refractivity contribution in [1.29, 1.82) is 0 Å². The molecule has 34 heavy (non-hydrogen) atoms. The molecule has 0 saturated carbocycles. The number of carbonyl (C=O) groups excluding carboxylic acids is 2. The van der Waals surface area contributed by atoms with Crippen LogP contribution in [0.15, 0.2) is 90.1 Å². The van der Waals surface area contributed by atoms with Crippen molar-refractivity contribution in [3.63, 3.8) is 0 Å². The first kappa shape index (κ1) is 22.9. The van der Waals surface area contributed by atoms with E-state index >= 15 is 0 Å². The molecule has 4 rings (SSSR count). The van der Waals surface area contributed by atoms with Crippen molar-refractivity contribution < 1.29 is 9.59 Å². The number of hydrogen-bond acceptors (Lipinski definition) is 4. The Bertz CT molecular complexity index is 1420. The van der Waals surface area contributed by atoms with Crippen LogP contribution < -0.4 is 16.2 Å². The number of amides is 2. The Morgan fingerprint density at radius 1 is 0.912 bits per heavy atom. The van der Waals surface area contributed by atoms with E-state index in [1.165, 1.54) is 29.1 Å². The predicted molar refractivity (Wildman–Crippen MR) is 133 cm³/mol. The van der Waals surface area contributed by atoms with Crippen LogP contribution >= 0.6 is 11.6 Å². The largest absolute Gasteiger partial charge is 0.321 e. The maximum Gasteiger partial charge on any atom is 0.257 e. The summed E-state index contributed by atoms with van der Waals surface area (Å²) in [5.41, 5.74) is 2.87. The molecule has 2 amide bonds. The monoisotopic (exact) mass is 472 g/mol. The van der Waals surface area contributed by atoms with Gasteiger partial charge in [-0.3, -0.25) is 19.4 Å². The van der Waals surface area contributed by atoms with E-state index < -0.39 is 5.91 Å². The zero-order valence-corrected chi connectivity index (χ0v) is 19.0. The van der Waals surface area contributed by atoms with E-state index in [-0.39, 0.29) is 18.0 Å². The number of hydrogen-bond donors (Lipinski definition) is 2. The molecule has 2 N–H and O–H groups in total. The smallest absolute Gasteiger partial charge is 0.257 e. The maximum atomic E-state index is 13.1. The van der Waals surface area contributed by atoms with Crippen LogP contribution in [-0.4, -0.2) is 21.4 Å². The topological polar surface area (TPSA) is 93.1 Å². The van der Waals surface area contributed by atoms with Crippen LogP contribution in [0.3, 0.4) is 0 Å². The number of anilines is 2. The average molecular weight is 473 g/mol. The Balaban J connectivity index is 1.58. The summed E-state index contributed by atoms with van der Waals surface area (Å²) >= 11 is 6.23. The summed E-state index contributed by atoms with van der Waals surface area (Å²) in [6, 6.07) is 18.5. The van der Waals surface area contributed by atoms with Gasteiger partial charge in [0.15, 0.2) is 0 Å². The molecule has 7 nitrogen and oxygen atoms in total. The van der Waals surface area contributed by atoms with Gasteiger partial charge in [0.25, 0.3) is 17.4 Å². The van der Waals surface area contributed by atoms with Gasteiger partial charge in [0.2, 0.25) is 0 Å². The summed E-state index contributed by atoms with van der Waals surface area (Å²) in [5, 5.41) is 6.19. The molecular formula is C26H21ClN4O3. The first-order valence-corrected chi connectivity index (χ1v) is 10.9. The molecule has 0 saturated heterocycles. The molecule has 8 heteroatoms. The Labute approximate surface area is 201 Å². The van der Waals surface area contributed by atoms with Crippen molar-refractivity contribution in [3.05, 3.63) is 123 Å². The van der Waals surface area contributed by atoms with Crippen molar-refractivity contribution in [3.8, 4) is 0 Å². The number of para-hydroxylation sites is 1. The van der Waals surface area contributed by atoms with Crippen molar-refractivity contribution in [2.24, 2.45) is 0 Å². The molecule has 170 valence electrons. The van der Waals surface area contributed by atoms with Gasteiger partial charge in [0.1, 0.15) is 0 Å². The minimum Gasteiger partial charge on any atom is -0.321 e. The molecule has 0 fully saturated rings. The van der Waals surface area contributed by atoms with E-state index in [1.54, 1.807) is 36.5 Å². The van der Waals surface area contributed by atoms with E-state index in [4.69, 9.17) is 11.6 Å². The number of nitrogens with one attached hydrogen (secondary N) is 2. The van der Waals surface area contributed by atoms with E-state index in [2.05, 4.69) is 15.6 Å². The van der Waals surface area contributed by atoms with Crippen LogP contribution in [0.4, 0.5) is 11.4 Å². The number of halogens is 1. The average Bonchev–Trinajstić information content (AvgIpc) is 2.84. The Hall–Kier alpha value is -4.23. The lowest BCUT2D eigenvalue weighted by molar-refractivity contribution is 0.102. The standard InChI is InChI=1S/C26H21ClN4O3/c1-17-5-4-7-21(24(17)30-25(33)18-11-13-28-14-12-18)26(34)29-20-9-10-23(32)31(16-20)15-19-6-2-3-8-22(19)27/h2-14,16H,15H2,1H3,(H,29,34)(H,30,33). The van der Waals surface area contributed by atoms with Crippen molar-refractivity contribution >= 4 is 34.8 Å². The summed E-state index contributed by atoms with van der Waals surface area (Å²) in [7, 11) is 0. The molecule has 2 aromatic heterocycles. The number of benzene rings is 2. The molecule has 2 heterocycles. The molecule has 0 radical (unpaired) electrons. The predicted octanol–water partition coefficient (Wildman–Crippen LogP) is 4.76. The van der Waals surface area contributed by atoms with Gasteiger partial charge in [-0.05, 0) is 48.4 Å². The maximum absolute atomic E-state index is 13.1. The second kappa shape index (κ2) is 10.1. The Kier molecular flexibility index (Phi) is 6.85. The molecule has 0 aliphatic heterocycles. The lowest BCUT2D eigenvalue weighted by Gasteiger charge is -2.15. The molecule has 0 atom stereocenters. The third kappa shape index (κ3) is 5.22. The third-order valence-electron chi connectivity index (χ3n) is 5.24. The van der Waals surface area contributed by atoms with E-state index in [0.29, 0.717) is 27.5 Å². The van der Waals surface area contributed by atoms with Crippen LogP contribution in [0.1, 0.15) is 31.8 Å². The lowest BCUT2D eigenvalue weighted by atomic mass is 10.1. The zero-order chi connectivity index (χ0) is 24.1. The molecule has 0 bridgehead atoms. The van der Waals surface area contributed by atoms with Gasteiger partial charge in [0, 0.05) is 35.2 Å². The summed E-state index contributed by atoms with van der Waals surface area (Å²) in [5.74, 6) is -0.768. The van der Waals surface area contributed by atoms with E-state index in [9.17, 15) is 14.4 Å². The summed E-state index contributed by atoms with van der Waals surface area (Å²) in [4.78, 5) is 42.1. The first-order valence-electron chi connectivity index (χ1n) is 10.5. The molecule has 0 spiro atoms. The van der Waals surface area contributed by atoms with Gasteiger partial charge in [0.05, 0.1) is 23.5 Å². The second-order valence-electron chi connectivity index (χ2n) is 7.62.